The second-order valence-electron chi connectivity index (χ2n) is 3.22. The van der Waals surface area contributed by atoms with E-state index in [1.54, 1.807) is 12.1 Å². The lowest BCUT2D eigenvalue weighted by Crippen LogP contribution is -2.04. The highest BCUT2D eigenvalue weighted by atomic mass is 35.5. The maximum Gasteiger partial charge on any atom is 0.341 e. The van der Waals surface area contributed by atoms with Crippen LogP contribution in [-0.4, -0.2) is 18.1 Å². The summed E-state index contributed by atoms with van der Waals surface area (Å²) in [7, 11) is 1.31. The molecule has 1 heterocycles. The topological polar surface area (TPSA) is 39.2 Å². The molecular formula is C10H12ClNO2. The molecule has 1 rings (SSSR count). The van der Waals surface area contributed by atoms with E-state index < -0.39 is 5.97 Å². The van der Waals surface area contributed by atoms with Crippen LogP contribution < -0.4 is 0 Å². The van der Waals surface area contributed by atoms with Crippen LogP contribution in [0.25, 0.3) is 0 Å². The Balaban J connectivity index is 3.07. The summed E-state index contributed by atoms with van der Waals surface area (Å²) in [5, 5.41) is 0.197. The van der Waals surface area contributed by atoms with Crippen molar-refractivity contribution in [2.45, 2.75) is 19.8 Å². The zero-order chi connectivity index (χ0) is 10.7. The Bertz CT molecular complexity index is 350. The van der Waals surface area contributed by atoms with Crippen LogP contribution >= 0.6 is 11.6 Å². The van der Waals surface area contributed by atoms with Gasteiger partial charge in [0.15, 0.2) is 0 Å². The molecule has 0 saturated carbocycles. The largest absolute Gasteiger partial charge is 0.465 e. The minimum Gasteiger partial charge on any atom is -0.465 e. The zero-order valence-electron chi connectivity index (χ0n) is 8.37. The quantitative estimate of drug-likeness (QED) is 0.560. The average Bonchev–Trinajstić information content (AvgIpc) is 2.16. The molecule has 0 saturated heterocycles. The Labute approximate surface area is 88.1 Å². The third-order valence-corrected chi connectivity index (χ3v) is 2.16. The number of ether oxygens (including phenoxy) is 1. The standard InChI is InChI=1S/C10H12ClNO2/c1-6(2)8-5-4-7(9(11)12-8)10(13)14-3/h4-6H,1-3H3. The van der Waals surface area contributed by atoms with E-state index in [1.165, 1.54) is 7.11 Å². The van der Waals surface area contributed by atoms with E-state index in [1.807, 2.05) is 13.8 Å². The van der Waals surface area contributed by atoms with Gasteiger partial charge in [0.2, 0.25) is 0 Å². The van der Waals surface area contributed by atoms with Gasteiger partial charge in [-0.15, -0.1) is 0 Å². The zero-order valence-corrected chi connectivity index (χ0v) is 9.13. The number of halogens is 1. The highest BCUT2D eigenvalue weighted by Crippen LogP contribution is 2.19. The van der Waals surface area contributed by atoms with Gasteiger partial charge in [-0.05, 0) is 18.1 Å². The summed E-state index contributed by atoms with van der Waals surface area (Å²) in [4.78, 5) is 15.3. The van der Waals surface area contributed by atoms with Crippen molar-refractivity contribution < 1.29 is 9.53 Å². The number of carbonyl (C=O) groups is 1. The molecule has 0 amide bonds. The van der Waals surface area contributed by atoms with Gasteiger partial charge in [-0.2, -0.15) is 0 Å². The summed E-state index contributed by atoms with van der Waals surface area (Å²) in [5.41, 5.74) is 1.17. The molecule has 1 aromatic rings. The van der Waals surface area contributed by atoms with Crippen LogP contribution in [0.4, 0.5) is 0 Å². The maximum absolute atomic E-state index is 11.2. The lowest BCUT2D eigenvalue weighted by Gasteiger charge is -2.06. The highest BCUT2D eigenvalue weighted by molar-refractivity contribution is 6.32. The summed E-state index contributed by atoms with van der Waals surface area (Å²) in [5.74, 6) is -0.169. The average molecular weight is 214 g/mol. The third-order valence-electron chi connectivity index (χ3n) is 1.87. The fourth-order valence-corrected chi connectivity index (χ4v) is 1.27. The van der Waals surface area contributed by atoms with E-state index in [0.29, 0.717) is 11.5 Å². The molecule has 14 heavy (non-hydrogen) atoms. The predicted octanol–water partition coefficient (Wildman–Crippen LogP) is 2.65. The minimum atomic E-state index is -0.460. The van der Waals surface area contributed by atoms with Gasteiger partial charge in [-0.1, -0.05) is 25.4 Å². The SMILES string of the molecule is COC(=O)c1ccc(C(C)C)nc1Cl. The molecule has 0 atom stereocenters. The van der Waals surface area contributed by atoms with E-state index in [0.717, 1.165) is 5.69 Å². The van der Waals surface area contributed by atoms with Crippen molar-refractivity contribution in [1.82, 2.24) is 4.98 Å². The van der Waals surface area contributed by atoms with E-state index >= 15 is 0 Å². The summed E-state index contributed by atoms with van der Waals surface area (Å²) >= 11 is 5.84. The van der Waals surface area contributed by atoms with Gasteiger partial charge in [0.25, 0.3) is 0 Å². The molecule has 1 aromatic heterocycles. The molecule has 4 heteroatoms. The van der Waals surface area contributed by atoms with E-state index in [4.69, 9.17) is 11.6 Å². The molecule has 76 valence electrons. The molecule has 0 aliphatic heterocycles. The van der Waals surface area contributed by atoms with Crippen molar-refractivity contribution in [3.8, 4) is 0 Å². The number of aromatic nitrogens is 1. The van der Waals surface area contributed by atoms with Gasteiger partial charge in [0.1, 0.15) is 5.15 Å². The van der Waals surface area contributed by atoms with Crippen molar-refractivity contribution in [2.75, 3.05) is 7.11 Å². The summed E-state index contributed by atoms with van der Waals surface area (Å²) in [6.07, 6.45) is 0. The number of methoxy groups -OCH3 is 1. The molecular weight excluding hydrogens is 202 g/mol. The Morgan fingerprint density at radius 1 is 1.50 bits per heavy atom. The van der Waals surface area contributed by atoms with E-state index in [-0.39, 0.29) is 5.15 Å². The second-order valence-corrected chi connectivity index (χ2v) is 3.58. The van der Waals surface area contributed by atoms with Crippen LogP contribution in [0, 0.1) is 0 Å². The van der Waals surface area contributed by atoms with Crippen molar-refractivity contribution in [1.29, 1.82) is 0 Å². The van der Waals surface area contributed by atoms with Crippen LogP contribution in [-0.2, 0) is 4.74 Å². The molecule has 0 aromatic carbocycles. The lowest BCUT2D eigenvalue weighted by molar-refractivity contribution is 0.0600. The first-order valence-corrected chi connectivity index (χ1v) is 4.68. The Morgan fingerprint density at radius 3 is 2.57 bits per heavy atom. The Hall–Kier alpha value is -1.09. The number of carbonyl (C=O) groups excluding carboxylic acids is 1. The van der Waals surface area contributed by atoms with Crippen LogP contribution in [0.1, 0.15) is 35.8 Å². The van der Waals surface area contributed by atoms with Crippen LogP contribution in [0.15, 0.2) is 12.1 Å². The Morgan fingerprint density at radius 2 is 2.14 bits per heavy atom. The monoisotopic (exact) mass is 213 g/mol. The molecule has 0 radical (unpaired) electrons. The number of pyridine rings is 1. The van der Waals surface area contributed by atoms with E-state index in [2.05, 4.69) is 9.72 Å². The van der Waals surface area contributed by atoms with Crippen LogP contribution in [0.3, 0.4) is 0 Å². The number of nitrogens with zero attached hydrogens (tertiary/aromatic N) is 1. The third kappa shape index (κ3) is 2.23. The lowest BCUT2D eigenvalue weighted by atomic mass is 10.1. The molecule has 0 bridgehead atoms. The number of rotatable bonds is 2. The summed E-state index contributed by atoms with van der Waals surface area (Å²) in [6.45, 7) is 4.02. The molecule has 0 aliphatic carbocycles. The molecule has 0 spiro atoms. The van der Waals surface area contributed by atoms with Gasteiger partial charge in [-0.3, -0.25) is 0 Å². The van der Waals surface area contributed by atoms with Crippen LogP contribution in [0.5, 0.6) is 0 Å². The fourth-order valence-electron chi connectivity index (χ4n) is 1.03. The minimum absolute atomic E-state index is 0.197. The van der Waals surface area contributed by atoms with Crippen LogP contribution in [0.2, 0.25) is 5.15 Å². The first kappa shape index (κ1) is 11.0. The molecule has 0 N–H and O–H groups in total. The van der Waals surface area contributed by atoms with Gasteiger partial charge < -0.3 is 4.74 Å². The van der Waals surface area contributed by atoms with Gasteiger partial charge in [-0.25, -0.2) is 9.78 Å². The molecule has 0 fully saturated rings. The molecule has 3 nitrogen and oxygen atoms in total. The van der Waals surface area contributed by atoms with Gasteiger partial charge in [0, 0.05) is 5.69 Å². The van der Waals surface area contributed by atoms with Crippen molar-refractivity contribution in [3.63, 3.8) is 0 Å². The van der Waals surface area contributed by atoms with E-state index in [9.17, 15) is 4.79 Å². The van der Waals surface area contributed by atoms with Crippen molar-refractivity contribution in [2.24, 2.45) is 0 Å². The maximum atomic E-state index is 11.2. The smallest absolute Gasteiger partial charge is 0.341 e. The number of hydrogen-bond acceptors (Lipinski definition) is 3. The number of esters is 1. The fraction of sp³-hybridized carbons (Fsp3) is 0.400. The molecule has 0 unspecified atom stereocenters. The predicted molar refractivity (Wildman–Crippen MR) is 54.7 cm³/mol. The summed E-state index contributed by atoms with van der Waals surface area (Å²) < 4.78 is 4.55. The second kappa shape index (κ2) is 4.42. The van der Waals surface area contributed by atoms with Gasteiger partial charge in [0.05, 0.1) is 12.7 Å². The first-order chi connectivity index (χ1) is 6.56. The molecule has 0 aliphatic rings. The summed E-state index contributed by atoms with van der Waals surface area (Å²) in [6, 6.07) is 3.42. The Kier molecular flexibility index (Phi) is 3.47. The van der Waals surface area contributed by atoms with Crippen molar-refractivity contribution >= 4 is 17.6 Å². The normalized spacial score (nSPS) is 10.4. The highest BCUT2D eigenvalue weighted by Gasteiger charge is 2.12. The first-order valence-electron chi connectivity index (χ1n) is 4.31. The van der Waals surface area contributed by atoms with Gasteiger partial charge >= 0.3 is 5.97 Å². The van der Waals surface area contributed by atoms with Crippen molar-refractivity contribution in [3.05, 3.63) is 28.5 Å². The number of hydrogen-bond donors (Lipinski definition) is 0.